The highest BCUT2D eigenvalue weighted by Crippen LogP contribution is 1.88. The summed E-state index contributed by atoms with van der Waals surface area (Å²) in [5.74, 6) is 0. The van der Waals surface area contributed by atoms with Crippen LogP contribution in [0.5, 0.6) is 0 Å². The van der Waals surface area contributed by atoms with E-state index in [1.165, 1.54) is 0 Å². The fourth-order valence-corrected chi connectivity index (χ4v) is 0.454. The summed E-state index contributed by atoms with van der Waals surface area (Å²) in [6.45, 7) is 3.86. The van der Waals surface area contributed by atoms with Gasteiger partial charge in [0.05, 0.1) is 5.71 Å². The summed E-state index contributed by atoms with van der Waals surface area (Å²) < 4.78 is 0. The Morgan fingerprint density at radius 1 is 1.67 bits per heavy atom. The van der Waals surface area contributed by atoms with Crippen molar-refractivity contribution in [2.24, 2.45) is 5.16 Å². The molecular formula is C7H13NO. The van der Waals surface area contributed by atoms with Crippen molar-refractivity contribution in [1.82, 2.24) is 0 Å². The number of hydrogen-bond donors (Lipinski definition) is 1. The summed E-state index contributed by atoms with van der Waals surface area (Å²) in [5, 5.41) is 11.2. The van der Waals surface area contributed by atoms with Gasteiger partial charge in [-0.3, -0.25) is 0 Å². The lowest BCUT2D eigenvalue weighted by molar-refractivity contribution is 0.319. The Morgan fingerprint density at radius 2 is 2.33 bits per heavy atom. The van der Waals surface area contributed by atoms with Crippen molar-refractivity contribution in [3.63, 3.8) is 0 Å². The van der Waals surface area contributed by atoms with Gasteiger partial charge in [-0.2, -0.15) is 0 Å². The minimum atomic E-state index is 0.656. The van der Waals surface area contributed by atoms with Crippen LogP contribution >= 0.6 is 0 Å². The zero-order valence-corrected chi connectivity index (χ0v) is 5.96. The van der Waals surface area contributed by atoms with Crippen molar-refractivity contribution in [2.75, 3.05) is 0 Å². The van der Waals surface area contributed by atoms with Gasteiger partial charge in [-0.05, 0) is 19.4 Å². The van der Waals surface area contributed by atoms with Crippen molar-refractivity contribution in [1.29, 1.82) is 0 Å². The van der Waals surface area contributed by atoms with Crippen LogP contribution in [-0.4, -0.2) is 10.9 Å². The molecule has 0 rings (SSSR count). The van der Waals surface area contributed by atoms with E-state index in [1.54, 1.807) is 6.92 Å². The Hall–Kier alpha value is -0.790. The van der Waals surface area contributed by atoms with Gasteiger partial charge in [0.1, 0.15) is 0 Å². The Morgan fingerprint density at radius 3 is 2.78 bits per heavy atom. The molecule has 0 aliphatic carbocycles. The Bertz CT molecular complexity index is 116. The summed E-state index contributed by atoms with van der Waals surface area (Å²) in [6.07, 6.45) is 5.99. The Labute approximate surface area is 55.9 Å². The molecule has 52 valence electrons. The van der Waals surface area contributed by atoms with Crippen LogP contribution in [0.2, 0.25) is 0 Å². The first-order chi connectivity index (χ1) is 4.31. The molecule has 1 N–H and O–H groups in total. The third-order valence-corrected chi connectivity index (χ3v) is 0.972. The van der Waals surface area contributed by atoms with Crippen LogP contribution in [0.15, 0.2) is 17.3 Å². The van der Waals surface area contributed by atoms with Crippen LogP contribution in [-0.2, 0) is 0 Å². The standard InChI is InChI=1S/C7H13NO/c1-3-4-5-6-7(2)8-9/h5-6,9H,3-4H2,1-2H3. The van der Waals surface area contributed by atoms with E-state index < -0.39 is 0 Å². The second-order valence-corrected chi connectivity index (χ2v) is 1.93. The first-order valence-corrected chi connectivity index (χ1v) is 3.16. The fourth-order valence-electron chi connectivity index (χ4n) is 0.454. The van der Waals surface area contributed by atoms with Gasteiger partial charge >= 0.3 is 0 Å². The van der Waals surface area contributed by atoms with E-state index in [2.05, 4.69) is 12.1 Å². The quantitative estimate of drug-likeness (QED) is 0.352. The van der Waals surface area contributed by atoms with Crippen LogP contribution < -0.4 is 0 Å². The zero-order valence-electron chi connectivity index (χ0n) is 5.96. The fraction of sp³-hybridized carbons (Fsp3) is 0.571. The molecule has 0 atom stereocenters. The first-order valence-electron chi connectivity index (χ1n) is 3.16. The van der Waals surface area contributed by atoms with E-state index in [1.807, 2.05) is 12.2 Å². The predicted molar refractivity (Wildman–Crippen MR) is 38.9 cm³/mol. The zero-order chi connectivity index (χ0) is 7.11. The largest absolute Gasteiger partial charge is 0.411 e. The summed E-state index contributed by atoms with van der Waals surface area (Å²) >= 11 is 0. The third-order valence-electron chi connectivity index (χ3n) is 0.972. The molecule has 0 unspecified atom stereocenters. The second kappa shape index (κ2) is 5.35. The third kappa shape index (κ3) is 5.07. The van der Waals surface area contributed by atoms with Crippen LogP contribution in [0.1, 0.15) is 26.7 Å². The van der Waals surface area contributed by atoms with E-state index in [0.29, 0.717) is 5.71 Å². The van der Waals surface area contributed by atoms with Gasteiger partial charge in [0.25, 0.3) is 0 Å². The molecule has 0 aliphatic rings. The highest BCUT2D eigenvalue weighted by molar-refractivity contribution is 5.92. The summed E-state index contributed by atoms with van der Waals surface area (Å²) in [5.41, 5.74) is 0.656. The van der Waals surface area contributed by atoms with E-state index in [4.69, 9.17) is 5.21 Å². The molecule has 0 amide bonds. The smallest absolute Gasteiger partial charge is 0.0761 e. The average Bonchev–Trinajstić information content (AvgIpc) is 1.89. The average molecular weight is 127 g/mol. The molecule has 0 aliphatic heterocycles. The summed E-state index contributed by atoms with van der Waals surface area (Å²) in [7, 11) is 0. The minimum absolute atomic E-state index is 0.656. The first kappa shape index (κ1) is 8.21. The SMILES string of the molecule is CCCC=CC(C)=NO. The molecule has 0 aromatic rings. The van der Waals surface area contributed by atoms with E-state index in [0.717, 1.165) is 12.8 Å². The normalized spacial score (nSPS) is 12.9. The van der Waals surface area contributed by atoms with Crippen molar-refractivity contribution in [2.45, 2.75) is 26.7 Å². The highest BCUT2D eigenvalue weighted by atomic mass is 16.4. The number of unbranched alkanes of at least 4 members (excludes halogenated alkanes) is 1. The number of nitrogens with zero attached hydrogens (tertiary/aromatic N) is 1. The number of rotatable bonds is 3. The molecule has 0 aromatic carbocycles. The lowest BCUT2D eigenvalue weighted by atomic mass is 10.3. The summed E-state index contributed by atoms with van der Waals surface area (Å²) in [6, 6.07) is 0. The lowest BCUT2D eigenvalue weighted by Crippen LogP contribution is -1.81. The number of allylic oxidation sites excluding steroid dienone is 2. The molecule has 0 saturated heterocycles. The molecule has 0 spiro atoms. The van der Waals surface area contributed by atoms with Crippen molar-refractivity contribution in [3.05, 3.63) is 12.2 Å². The lowest BCUT2D eigenvalue weighted by Gasteiger charge is -1.84. The Kier molecular flexibility index (Phi) is 4.88. The predicted octanol–water partition coefficient (Wildman–Crippen LogP) is 2.19. The van der Waals surface area contributed by atoms with Gasteiger partial charge in [0.2, 0.25) is 0 Å². The number of oxime groups is 1. The second-order valence-electron chi connectivity index (χ2n) is 1.93. The molecule has 0 radical (unpaired) electrons. The molecule has 2 nitrogen and oxygen atoms in total. The van der Waals surface area contributed by atoms with Crippen molar-refractivity contribution >= 4 is 5.71 Å². The highest BCUT2D eigenvalue weighted by Gasteiger charge is 1.78. The topological polar surface area (TPSA) is 32.6 Å². The monoisotopic (exact) mass is 127 g/mol. The molecule has 0 saturated carbocycles. The van der Waals surface area contributed by atoms with Gasteiger partial charge < -0.3 is 5.21 Å². The van der Waals surface area contributed by atoms with Crippen molar-refractivity contribution < 1.29 is 5.21 Å². The maximum atomic E-state index is 8.17. The van der Waals surface area contributed by atoms with Crippen LogP contribution in [0.4, 0.5) is 0 Å². The van der Waals surface area contributed by atoms with Gasteiger partial charge in [0, 0.05) is 0 Å². The van der Waals surface area contributed by atoms with Crippen LogP contribution in [0.3, 0.4) is 0 Å². The van der Waals surface area contributed by atoms with E-state index >= 15 is 0 Å². The van der Waals surface area contributed by atoms with Crippen molar-refractivity contribution in [3.8, 4) is 0 Å². The van der Waals surface area contributed by atoms with E-state index in [-0.39, 0.29) is 0 Å². The van der Waals surface area contributed by atoms with Gasteiger partial charge in [-0.25, -0.2) is 0 Å². The van der Waals surface area contributed by atoms with Crippen LogP contribution in [0.25, 0.3) is 0 Å². The van der Waals surface area contributed by atoms with E-state index in [9.17, 15) is 0 Å². The van der Waals surface area contributed by atoms with Gasteiger partial charge in [-0.15, -0.1) is 0 Å². The van der Waals surface area contributed by atoms with Crippen LogP contribution in [0, 0.1) is 0 Å². The molecule has 9 heavy (non-hydrogen) atoms. The maximum absolute atomic E-state index is 8.17. The number of hydrogen-bond acceptors (Lipinski definition) is 2. The molecular weight excluding hydrogens is 114 g/mol. The minimum Gasteiger partial charge on any atom is -0.411 e. The Balaban J connectivity index is 3.45. The molecule has 0 aromatic heterocycles. The maximum Gasteiger partial charge on any atom is 0.0761 e. The summed E-state index contributed by atoms with van der Waals surface area (Å²) in [4.78, 5) is 0. The molecule has 0 bridgehead atoms. The van der Waals surface area contributed by atoms with Gasteiger partial charge in [0.15, 0.2) is 0 Å². The molecule has 2 heteroatoms. The molecule has 0 heterocycles. The van der Waals surface area contributed by atoms with Gasteiger partial charge in [-0.1, -0.05) is 24.6 Å². The molecule has 0 fully saturated rings.